The van der Waals surface area contributed by atoms with Crippen LogP contribution in [0.3, 0.4) is 0 Å². The number of piperidine rings is 1. The van der Waals surface area contributed by atoms with Gasteiger partial charge in [0.25, 0.3) is 5.91 Å². The first-order valence-electron chi connectivity index (χ1n) is 9.21. The fourth-order valence-corrected chi connectivity index (χ4v) is 3.81. The molecule has 5 nitrogen and oxygen atoms in total. The van der Waals surface area contributed by atoms with Gasteiger partial charge < -0.3 is 14.9 Å². The Morgan fingerprint density at radius 1 is 1.08 bits per heavy atom. The van der Waals surface area contributed by atoms with Gasteiger partial charge in [0.2, 0.25) is 0 Å². The van der Waals surface area contributed by atoms with Gasteiger partial charge in [-0.25, -0.2) is 4.39 Å². The summed E-state index contributed by atoms with van der Waals surface area (Å²) in [5, 5.41) is 11.0. The average Bonchev–Trinajstić information content (AvgIpc) is 2.62. The summed E-state index contributed by atoms with van der Waals surface area (Å²) in [6.45, 7) is 8.42. The molecule has 2 heterocycles. The smallest absolute Gasteiger partial charge is 0.256 e. The van der Waals surface area contributed by atoms with Crippen LogP contribution >= 0.6 is 0 Å². The van der Waals surface area contributed by atoms with Gasteiger partial charge in [-0.3, -0.25) is 9.69 Å². The van der Waals surface area contributed by atoms with Crippen molar-refractivity contribution < 1.29 is 14.3 Å². The minimum atomic E-state index is -1.30. The van der Waals surface area contributed by atoms with Gasteiger partial charge >= 0.3 is 0 Å². The molecule has 0 aromatic heterocycles. The average molecular weight is 349 g/mol. The van der Waals surface area contributed by atoms with Crippen LogP contribution in [0.4, 0.5) is 4.39 Å². The van der Waals surface area contributed by atoms with E-state index in [1.54, 1.807) is 17.0 Å². The number of halogens is 1. The molecule has 6 heteroatoms. The van der Waals surface area contributed by atoms with E-state index in [1.165, 1.54) is 12.1 Å². The topological polar surface area (TPSA) is 47.0 Å². The van der Waals surface area contributed by atoms with Crippen molar-refractivity contribution >= 4 is 5.91 Å². The molecule has 2 aliphatic rings. The second-order valence-electron chi connectivity index (χ2n) is 7.20. The lowest BCUT2D eigenvalue weighted by molar-refractivity contribution is -0.160. The van der Waals surface area contributed by atoms with Crippen molar-refractivity contribution in [3.05, 3.63) is 35.6 Å². The highest BCUT2D eigenvalue weighted by Crippen LogP contribution is 2.26. The van der Waals surface area contributed by atoms with Gasteiger partial charge in [0.05, 0.1) is 0 Å². The van der Waals surface area contributed by atoms with Gasteiger partial charge in [0, 0.05) is 45.8 Å². The van der Waals surface area contributed by atoms with Crippen LogP contribution in [0.5, 0.6) is 0 Å². The Morgan fingerprint density at radius 2 is 1.72 bits per heavy atom. The van der Waals surface area contributed by atoms with Crippen LogP contribution in [0.25, 0.3) is 0 Å². The number of β-amino-alcohol motifs (C(OH)–C–C–N with tert-alkyl or cyclic N) is 1. The lowest BCUT2D eigenvalue weighted by atomic mass is 9.90. The Hall–Kier alpha value is -1.50. The van der Waals surface area contributed by atoms with Crippen molar-refractivity contribution in [2.24, 2.45) is 0 Å². The van der Waals surface area contributed by atoms with Gasteiger partial charge in [-0.15, -0.1) is 0 Å². The standard InChI is InChI=1S/C19H28FN3O2/c1-2-21-10-12-22(13-11-21)15-19(25)8-3-9-23(18(19)24)14-16-4-6-17(20)7-5-16/h4-7,25H,2-3,8-15H2,1H3/t19-/m0/s1. The molecule has 0 unspecified atom stereocenters. The highest BCUT2D eigenvalue weighted by molar-refractivity contribution is 5.86. The Bertz CT molecular complexity index is 587. The number of piperazine rings is 1. The molecular formula is C19H28FN3O2. The van der Waals surface area contributed by atoms with E-state index in [4.69, 9.17) is 0 Å². The predicted octanol–water partition coefficient (Wildman–Crippen LogP) is 1.32. The Morgan fingerprint density at radius 3 is 2.36 bits per heavy atom. The molecule has 1 atom stereocenters. The van der Waals surface area contributed by atoms with Gasteiger partial charge in [-0.2, -0.15) is 0 Å². The van der Waals surface area contributed by atoms with Crippen molar-refractivity contribution in [2.45, 2.75) is 31.9 Å². The maximum atomic E-state index is 13.0. The van der Waals surface area contributed by atoms with E-state index in [9.17, 15) is 14.3 Å². The maximum Gasteiger partial charge on any atom is 0.256 e. The molecule has 0 aliphatic carbocycles. The molecule has 25 heavy (non-hydrogen) atoms. The summed E-state index contributed by atoms with van der Waals surface area (Å²) in [7, 11) is 0. The van der Waals surface area contributed by atoms with E-state index in [0.29, 0.717) is 26.1 Å². The fraction of sp³-hybridized carbons (Fsp3) is 0.632. The van der Waals surface area contributed by atoms with Crippen LogP contribution in [0.1, 0.15) is 25.3 Å². The Kier molecular flexibility index (Phi) is 5.71. The lowest BCUT2D eigenvalue weighted by Crippen LogP contribution is -2.60. The van der Waals surface area contributed by atoms with Gasteiger partial charge in [0.15, 0.2) is 5.60 Å². The van der Waals surface area contributed by atoms with Gasteiger partial charge in [-0.05, 0) is 37.1 Å². The molecule has 0 saturated carbocycles. The molecule has 0 bridgehead atoms. The van der Waals surface area contributed by atoms with Crippen molar-refractivity contribution in [3.63, 3.8) is 0 Å². The zero-order chi connectivity index (χ0) is 17.9. The molecule has 2 saturated heterocycles. The number of benzene rings is 1. The van der Waals surface area contributed by atoms with Gasteiger partial charge in [0.1, 0.15) is 5.82 Å². The second-order valence-corrected chi connectivity index (χ2v) is 7.20. The first kappa shape index (κ1) is 18.3. The number of hydrogen-bond acceptors (Lipinski definition) is 4. The summed E-state index contributed by atoms with van der Waals surface area (Å²) in [5.74, 6) is -0.475. The number of aliphatic hydroxyl groups is 1. The van der Waals surface area contributed by atoms with Crippen molar-refractivity contribution in [1.29, 1.82) is 0 Å². The predicted molar refractivity (Wildman–Crippen MR) is 94.6 cm³/mol. The summed E-state index contributed by atoms with van der Waals surface area (Å²) < 4.78 is 13.0. The fourth-order valence-electron chi connectivity index (χ4n) is 3.81. The number of hydrogen-bond donors (Lipinski definition) is 1. The molecule has 2 fully saturated rings. The van der Waals surface area contributed by atoms with Crippen LogP contribution < -0.4 is 0 Å². The van der Waals surface area contributed by atoms with E-state index in [-0.39, 0.29) is 11.7 Å². The number of rotatable bonds is 5. The highest BCUT2D eigenvalue weighted by atomic mass is 19.1. The third-order valence-corrected chi connectivity index (χ3v) is 5.39. The molecule has 0 spiro atoms. The van der Waals surface area contributed by atoms with E-state index in [2.05, 4.69) is 16.7 Å². The summed E-state index contributed by atoms with van der Waals surface area (Å²) in [6.07, 6.45) is 1.30. The third-order valence-electron chi connectivity index (χ3n) is 5.39. The van der Waals surface area contributed by atoms with Crippen LogP contribution in [-0.4, -0.2) is 77.1 Å². The molecule has 0 radical (unpaired) electrons. The van der Waals surface area contributed by atoms with Crippen LogP contribution in [0.2, 0.25) is 0 Å². The molecule has 138 valence electrons. The zero-order valence-corrected chi connectivity index (χ0v) is 15.0. The Labute approximate surface area is 149 Å². The highest BCUT2D eigenvalue weighted by Gasteiger charge is 2.43. The Balaban J connectivity index is 1.61. The largest absolute Gasteiger partial charge is 0.379 e. The number of nitrogens with zero attached hydrogens (tertiary/aromatic N) is 3. The van der Waals surface area contributed by atoms with Crippen LogP contribution in [0, 0.1) is 5.82 Å². The molecular weight excluding hydrogens is 321 g/mol. The summed E-state index contributed by atoms with van der Waals surface area (Å²) in [4.78, 5) is 19.2. The maximum absolute atomic E-state index is 13.0. The first-order valence-corrected chi connectivity index (χ1v) is 9.21. The van der Waals surface area contributed by atoms with E-state index >= 15 is 0 Å². The van der Waals surface area contributed by atoms with Crippen LogP contribution in [0.15, 0.2) is 24.3 Å². The van der Waals surface area contributed by atoms with Gasteiger partial charge in [-0.1, -0.05) is 19.1 Å². The van der Waals surface area contributed by atoms with Crippen molar-refractivity contribution in [3.8, 4) is 0 Å². The van der Waals surface area contributed by atoms with E-state index in [1.807, 2.05) is 0 Å². The minimum absolute atomic E-state index is 0.194. The number of likely N-dealkylation sites (N-methyl/N-ethyl adjacent to an activating group) is 1. The van der Waals surface area contributed by atoms with Crippen molar-refractivity contribution in [2.75, 3.05) is 45.8 Å². The van der Waals surface area contributed by atoms with E-state index < -0.39 is 5.60 Å². The molecule has 1 amide bonds. The second kappa shape index (κ2) is 7.81. The summed E-state index contributed by atoms with van der Waals surface area (Å²) >= 11 is 0. The number of carbonyl (C=O) groups excluding carboxylic acids is 1. The van der Waals surface area contributed by atoms with Crippen molar-refractivity contribution in [1.82, 2.24) is 14.7 Å². The third kappa shape index (κ3) is 4.37. The first-order chi connectivity index (χ1) is 12.0. The molecule has 1 aromatic rings. The minimum Gasteiger partial charge on any atom is -0.379 e. The van der Waals surface area contributed by atoms with Crippen LogP contribution in [-0.2, 0) is 11.3 Å². The zero-order valence-electron chi connectivity index (χ0n) is 15.0. The summed E-state index contributed by atoms with van der Waals surface area (Å²) in [6, 6.07) is 6.20. The number of carbonyl (C=O) groups is 1. The van der Waals surface area contributed by atoms with E-state index in [0.717, 1.165) is 44.7 Å². The lowest BCUT2D eigenvalue weighted by Gasteiger charge is -2.43. The molecule has 3 rings (SSSR count). The normalized spacial score (nSPS) is 26.2. The summed E-state index contributed by atoms with van der Waals surface area (Å²) in [5.41, 5.74) is -0.414. The number of amides is 1. The quantitative estimate of drug-likeness (QED) is 0.871. The monoisotopic (exact) mass is 349 g/mol. The molecule has 1 aromatic carbocycles. The molecule has 1 N–H and O–H groups in total. The number of likely N-dealkylation sites (tertiary alicyclic amines) is 1. The molecule has 2 aliphatic heterocycles. The SMILES string of the molecule is CCN1CCN(C[C@@]2(O)CCCN(Cc3ccc(F)cc3)C2=O)CC1.